The van der Waals surface area contributed by atoms with Crippen molar-refractivity contribution in [2.75, 3.05) is 27.2 Å². The summed E-state index contributed by atoms with van der Waals surface area (Å²) in [6.07, 6.45) is 6.66. The van der Waals surface area contributed by atoms with Gasteiger partial charge in [0.1, 0.15) is 0 Å². The van der Waals surface area contributed by atoms with Crippen molar-refractivity contribution in [2.45, 2.75) is 57.9 Å². The molecule has 0 bridgehead atoms. The monoisotopic (exact) mass is 373 g/mol. The molecule has 1 aliphatic carbocycles. The van der Waals surface area contributed by atoms with Crippen molar-refractivity contribution < 1.29 is 9.59 Å². The molecule has 1 atom stereocenters. The number of amides is 2. The van der Waals surface area contributed by atoms with Gasteiger partial charge in [0.2, 0.25) is 11.8 Å². The van der Waals surface area contributed by atoms with Crippen molar-refractivity contribution in [1.29, 1.82) is 0 Å². The van der Waals surface area contributed by atoms with Gasteiger partial charge in [-0.15, -0.1) is 0 Å². The molecule has 2 amide bonds. The fraction of sp³-hybridized carbons (Fsp3) is 0.636. The lowest BCUT2D eigenvalue weighted by atomic mass is 9.83. The van der Waals surface area contributed by atoms with Crippen LogP contribution in [0.4, 0.5) is 0 Å². The van der Waals surface area contributed by atoms with Gasteiger partial charge in [0.25, 0.3) is 0 Å². The Bertz CT molecular complexity index is 606. The highest BCUT2D eigenvalue weighted by molar-refractivity contribution is 5.85. The number of rotatable bonds is 8. The van der Waals surface area contributed by atoms with E-state index in [1.54, 1.807) is 14.1 Å². The molecule has 0 saturated heterocycles. The van der Waals surface area contributed by atoms with Crippen LogP contribution in [0.2, 0.25) is 0 Å². The molecule has 0 aromatic heterocycles. The largest absolute Gasteiger partial charge is 0.358 e. The van der Waals surface area contributed by atoms with Gasteiger partial charge < -0.3 is 15.5 Å². The van der Waals surface area contributed by atoms with Crippen LogP contribution in [0.3, 0.4) is 0 Å². The van der Waals surface area contributed by atoms with Gasteiger partial charge in [-0.25, -0.2) is 0 Å². The zero-order valence-electron chi connectivity index (χ0n) is 17.3. The topological polar surface area (TPSA) is 61.4 Å². The summed E-state index contributed by atoms with van der Waals surface area (Å²) in [6.45, 7) is 4.62. The summed E-state index contributed by atoms with van der Waals surface area (Å²) in [5.74, 6) is 0.827. The molecule has 1 saturated carbocycles. The first-order valence-corrected chi connectivity index (χ1v) is 10.2. The van der Waals surface area contributed by atoms with Crippen LogP contribution in [0, 0.1) is 5.92 Å². The highest BCUT2D eigenvalue weighted by atomic mass is 16.2. The minimum Gasteiger partial charge on any atom is -0.358 e. The molecule has 1 fully saturated rings. The van der Waals surface area contributed by atoms with Crippen LogP contribution in [0.15, 0.2) is 24.3 Å². The molecule has 0 aliphatic heterocycles. The molecule has 5 nitrogen and oxygen atoms in total. The molecule has 0 heterocycles. The summed E-state index contributed by atoms with van der Waals surface area (Å²) in [4.78, 5) is 25.2. The second kappa shape index (κ2) is 10.5. The number of benzene rings is 1. The minimum atomic E-state index is -0.162. The van der Waals surface area contributed by atoms with Gasteiger partial charge in [0.15, 0.2) is 0 Å². The highest BCUT2D eigenvalue weighted by Gasteiger charge is 2.20. The quantitative estimate of drug-likeness (QED) is 0.735. The van der Waals surface area contributed by atoms with E-state index in [0.717, 1.165) is 0 Å². The molecule has 0 radical (unpaired) electrons. The molecule has 1 aliphatic rings. The van der Waals surface area contributed by atoms with Crippen molar-refractivity contribution in [1.82, 2.24) is 15.5 Å². The molecule has 2 N–H and O–H groups in total. The number of likely N-dealkylation sites (N-methyl/N-ethyl adjacent to an activating group) is 2. The summed E-state index contributed by atoms with van der Waals surface area (Å²) in [7, 11) is 3.23. The molecule has 27 heavy (non-hydrogen) atoms. The van der Waals surface area contributed by atoms with Crippen molar-refractivity contribution >= 4 is 11.8 Å². The fourth-order valence-electron chi connectivity index (χ4n) is 3.86. The Kier molecular flexibility index (Phi) is 8.29. The molecule has 5 heteroatoms. The third kappa shape index (κ3) is 6.35. The predicted octanol–water partition coefficient (Wildman–Crippen LogP) is 3.23. The summed E-state index contributed by atoms with van der Waals surface area (Å²) in [5, 5.41) is 5.92. The molecule has 0 unspecified atom stereocenters. The summed E-state index contributed by atoms with van der Waals surface area (Å²) < 4.78 is 0. The molecule has 1 aromatic rings. The Labute approximate surface area is 163 Å². The van der Waals surface area contributed by atoms with Crippen LogP contribution in [0.25, 0.3) is 0 Å². The Hall–Kier alpha value is -1.88. The van der Waals surface area contributed by atoms with Gasteiger partial charge >= 0.3 is 0 Å². The van der Waals surface area contributed by atoms with Gasteiger partial charge in [0, 0.05) is 20.1 Å². The minimum absolute atomic E-state index is 0.0805. The Morgan fingerprint density at radius 1 is 1.11 bits per heavy atom. The normalized spacial score (nSPS) is 16.2. The van der Waals surface area contributed by atoms with Crippen molar-refractivity contribution in [2.24, 2.45) is 5.92 Å². The van der Waals surface area contributed by atoms with E-state index >= 15 is 0 Å². The number of carbonyl (C=O) groups is 2. The van der Waals surface area contributed by atoms with Crippen LogP contribution < -0.4 is 10.6 Å². The zero-order chi connectivity index (χ0) is 19.8. The lowest BCUT2D eigenvalue weighted by Crippen LogP contribution is -2.42. The smallest absolute Gasteiger partial charge is 0.239 e. The van der Waals surface area contributed by atoms with E-state index in [0.29, 0.717) is 11.8 Å². The van der Waals surface area contributed by atoms with Crippen LogP contribution in [-0.4, -0.2) is 43.9 Å². The summed E-state index contributed by atoms with van der Waals surface area (Å²) >= 11 is 0. The maximum absolute atomic E-state index is 12.3. The van der Waals surface area contributed by atoms with Crippen LogP contribution >= 0.6 is 0 Å². The van der Waals surface area contributed by atoms with Crippen LogP contribution in [0.5, 0.6) is 0 Å². The first-order chi connectivity index (χ1) is 12.9. The van der Waals surface area contributed by atoms with Gasteiger partial charge in [-0.1, -0.05) is 57.4 Å². The van der Waals surface area contributed by atoms with Gasteiger partial charge in [-0.3, -0.25) is 9.59 Å². The second-order valence-corrected chi connectivity index (χ2v) is 8.03. The summed E-state index contributed by atoms with van der Waals surface area (Å²) in [6, 6.07) is 9.06. The molecule has 0 spiro atoms. The van der Waals surface area contributed by atoms with Crippen molar-refractivity contribution in [3.63, 3.8) is 0 Å². The molecule has 2 rings (SSSR count). The second-order valence-electron chi connectivity index (χ2n) is 8.03. The average molecular weight is 374 g/mol. The third-order valence-electron chi connectivity index (χ3n) is 5.60. The molecular formula is C22H35N3O2. The number of carbonyl (C=O) groups excluding carboxylic acids is 2. The first kappa shape index (κ1) is 21.4. The number of hydrogen-bond donors (Lipinski definition) is 2. The lowest BCUT2D eigenvalue weighted by Gasteiger charge is -2.26. The number of hydrogen-bond acceptors (Lipinski definition) is 3. The first-order valence-electron chi connectivity index (χ1n) is 10.2. The predicted molar refractivity (Wildman–Crippen MR) is 110 cm³/mol. The highest BCUT2D eigenvalue weighted by Crippen LogP contribution is 2.33. The Morgan fingerprint density at radius 2 is 1.74 bits per heavy atom. The van der Waals surface area contributed by atoms with Gasteiger partial charge in [-0.2, -0.15) is 0 Å². The van der Waals surface area contributed by atoms with Crippen molar-refractivity contribution in [3.8, 4) is 0 Å². The Morgan fingerprint density at radius 3 is 2.30 bits per heavy atom. The van der Waals surface area contributed by atoms with E-state index in [1.807, 2.05) is 0 Å². The van der Waals surface area contributed by atoms with E-state index in [-0.39, 0.29) is 30.9 Å². The van der Waals surface area contributed by atoms with Crippen LogP contribution in [0.1, 0.15) is 69.0 Å². The number of nitrogens with zero attached hydrogens (tertiary/aromatic N) is 1. The molecule has 1 aromatic carbocycles. The number of nitrogens with one attached hydrogen (secondary N) is 2. The lowest BCUT2D eigenvalue weighted by molar-refractivity contribution is -0.134. The SMILES string of the molecule is CNC(=O)CN(C)C(=O)CN[C@H](c1ccc(C2CCCCC2)cc1)C(C)C. The third-order valence-corrected chi connectivity index (χ3v) is 5.60. The maximum atomic E-state index is 12.3. The van der Waals surface area contributed by atoms with E-state index in [2.05, 4.69) is 48.7 Å². The van der Waals surface area contributed by atoms with Gasteiger partial charge in [0.05, 0.1) is 13.1 Å². The van der Waals surface area contributed by atoms with Crippen molar-refractivity contribution in [3.05, 3.63) is 35.4 Å². The summed E-state index contributed by atoms with van der Waals surface area (Å²) in [5.41, 5.74) is 2.66. The van der Waals surface area contributed by atoms with E-state index in [1.165, 1.54) is 48.1 Å². The standard InChI is InChI=1S/C22H35N3O2/c1-16(2)22(24-14-21(27)25(4)15-20(26)23-3)19-12-10-18(11-13-19)17-8-6-5-7-9-17/h10-13,16-17,22,24H,5-9,14-15H2,1-4H3,(H,23,26)/t22-/m0/s1. The Balaban J connectivity index is 1.96. The van der Waals surface area contributed by atoms with E-state index in [4.69, 9.17) is 0 Å². The van der Waals surface area contributed by atoms with E-state index in [9.17, 15) is 9.59 Å². The van der Waals surface area contributed by atoms with Crippen LogP contribution in [-0.2, 0) is 9.59 Å². The maximum Gasteiger partial charge on any atom is 0.239 e. The van der Waals surface area contributed by atoms with Gasteiger partial charge in [-0.05, 0) is 35.8 Å². The average Bonchev–Trinajstić information content (AvgIpc) is 2.68. The molecule has 150 valence electrons. The zero-order valence-corrected chi connectivity index (χ0v) is 17.3. The van der Waals surface area contributed by atoms with E-state index < -0.39 is 0 Å². The fourth-order valence-corrected chi connectivity index (χ4v) is 3.86. The molecular weight excluding hydrogens is 338 g/mol.